The third-order valence-corrected chi connectivity index (χ3v) is 6.43. The molecule has 0 spiro atoms. The molecule has 3 aromatic rings. The van der Waals surface area contributed by atoms with E-state index in [0.29, 0.717) is 5.69 Å². The maximum absolute atomic E-state index is 12.6. The van der Waals surface area contributed by atoms with Crippen molar-refractivity contribution in [2.24, 2.45) is 0 Å². The number of para-hydroxylation sites is 1. The Morgan fingerprint density at radius 2 is 1.67 bits per heavy atom. The highest BCUT2D eigenvalue weighted by Crippen LogP contribution is 2.21. The molecule has 0 bridgehead atoms. The summed E-state index contributed by atoms with van der Waals surface area (Å²) in [6.07, 6.45) is 0.747. The van der Waals surface area contributed by atoms with Crippen LogP contribution in [0.5, 0.6) is 0 Å². The molecule has 0 aromatic heterocycles. The smallest absolute Gasteiger partial charge is 0.338 e. The van der Waals surface area contributed by atoms with Gasteiger partial charge in [-0.15, -0.1) is 0 Å². The SMILES string of the molecule is CCc1cccc(C)c1NC(=O)COC(=O)c1cccc(S(=O)(=O)NCc2ccccc2)c1. The van der Waals surface area contributed by atoms with Crippen LogP contribution in [-0.2, 0) is 32.5 Å². The topological polar surface area (TPSA) is 102 Å². The lowest BCUT2D eigenvalue weighted by molar-refractivity contribution is -0.119. The fraction of sp³-hybridized carbons (Fsp3) is 0.200. The second-order valence-corrected chi connectivity index (χ2v) is 9.19. The zero-order valence-electron chi connectivity index (χ0n) is 18.5. The molecule has 1 amide bonds. The molecule has 0 unspecified atom stereocenters. The highest BCUT2D eigenvalue weighted by Gasteiger charge is 2.18. The van der Waals surface area contributed by atoms with Gasteiger partial charge in [0.15, 0.2) is 6.61 Å². The number of ether oxygens (including phenoxy) is 1. The van der Waals surface area contributed by atoms with E-state index in [-0.39, 0.29) is 17.0 Å². The molecule has 172 valence electrons. The van der Waals surface area contributed by atoms with Crippen molar-refractivity contribution in [3.8, 4) is 0 Å². The highest BCUT2D eigenvalue weighted by molar-refractivity contribution is 7.89. The Kier molecular flexibility index (Phi) is 7.97. The molecule has 0 aliphatic heterocycles. The van der Waals surface area contributed by atoms with Crippen LogP contribution in [0.1, 0.15) is 34.0 Å². The molecular weight excluding hydrogens is 440 g/mol. The number of benzene rings is 3. The van der Waals surface area contributed by atoms with Crippen LogP contribution in [-0.4, -0.2) is 26.9 Å². The molecule has 8 heteroatoms. The average Bonchev–Trinajstić information content (AvgIpc) is 2.83. The molecule has 0 saturated heterocycles. The molecule has 0 saturated carbocycles. The number of hydrogen-bond donors (Lipinski definition) is 2. The van der Waals surface area contributed by atoms with Crippen molar-refractivity contribution in [1.82, 2.24) is 4.72 Å². The van der Waals surface area contributed by atoms with E-state index in [1.54, 1.807) is 0 Å². The van der Waals surface area contributed by atoms with Crippen molar-refractivity contribution < 1.29 is 22.7 Å². The lowest BCUT2D eigenvalue weighted by Crippen LogP contribution is -2.24. The molecule has 0 heterocycles. The van der Waals surface area contributed by atoms with Gasteiger partial charge in [0.1, 0.15) is 0 Å². The van der Waals surface area contributed by atoms with Gasteiger partial charge in [-0.25, -0.2) is 17.9 Å². The first kappa shape index (κ1) is 24.2. The van der Waals surface area contributed by atoms with E-state index < -0.39 is 28.5 Å². The highest BCUT2D eigenvalue weighted by atomic mass is 32.2. The molecule has 0 fully saturated rings. The number of aryl methyl sites for hydroxylation is 2. The van der Waals surface area contributed by atoms with Gasteiger partial charge in [-0.1, -0.05) is 61.5 Å². The largest absolute Gasteiger partial charge is 0.452 e. The molecule has 0 aliphatic rings. The molecule has 0 aliphatic carbocycles. The summed E-state index contributed by atoms with van der Waals surface area (Å²) in [5.74, 6) is -1.26. The third-order valence-electron chi connectivity index (χ3n) is 5.03. The van der Waals surface area contributed by atoms with E-state index in [9.17, 15) is 18.0 Å². The van der Waals surface area contributed by atoms with Crippen LogP contribution < -0.4 is 10.0 Å². The Bertz CT molecular complexity index is 1240. The van der Waals surface area contributed by atoms with Crippen molar-refractivity contribution in [3.05, 3.63) is 95.1 Å². The minimum atomic E-state index is -3.84. The van der Waals surface area contributed by atoms with Crippen LogP contribution in [0.3, 0.4) is 0 Å². The Labute approximate surface area is 193 Å². The second kappa shape index (κ2) is 10.9. The normalized spacial score (nSPS) is 11.1. The number of anilines is 1. The number of nitrogens with one attached hydrogen (secondary N) is 2. The lowest BCUT2D eigenvalue weighted by atomic mass is 10.1. The molecule has 0 atom stereocenters. The summed E-state index contributed by atoms with van der Waals surface area (Å²) in [7, 11) is -3.84. The maximum atomic E-state index is 12.6. The predicted molar refractivity (Wildman–Crippen MR) is 126 cm³/mol. The summed E-state index contributed by atoms with van der Waals surface area (Å²) in [5, 5.41) is 2.78. The van der Waals surface area contributed by atoms with Gasteiger partial charge in [0.05, 0.1) is 10.5 Å². The van der Waals surface area contributed by atoms with Gasteiger partial charge >= 0.3 is 5.97 Å². The van der Waals surface area contributed by atoms with Crippen molar-refractivity contribution in [2.45, 2.75) is 31.7 Å². The summed E-state index contributed by atoms with van der Waals surface area (Å²) in [4.78, 5) is 24.7. The zero-order chi connectivity index (χ0) is 23.8. The average molecular weight is 467 g/mol. The molecule has 7 nitrogen and oxygen atoms in total. The molecule has 2 N–H and O–H groups in total. The van der Waals surface area contributed by atoms with Gasteiger partial charge in [-0.2, -0.15) is 0 Å². The Morgan fingerprint density at radius 1 is 0.939 bits per heavy atom. The number of carbonyl (C=O) groups is 2. The maximum Gasteiger partial charge on any atom is 0.338 e. The summed E-state index contributed by atoms with van der Waals surface area (Å²) in [6, 6.07) is 20.3. The molecular formula is C25H26N2O5S. The zero-order valence-corrected chi connectivity index (χ0v) is 19.3. The Morgan fingerprint density at radius 3 is 2.39 bits per heavy atom. The van der Waals surface area contributed by atoms with Crippen LogP contribution in [0.2, 0.25) is 0 Å². The number of carbonyl (C=O) groups excluding carboxylic acids is 2. The number of hydrogen-bond acceptors (Lipinski definition) is 5. The summed E-state index contributed by atoms with van der Waals surface area (Å²) >= 11 is 0. The molecule has 3 aromatic carbocycles. The second-order valence-electron chi connectivity index (χ2n) is 7.42. The summed E-state index contributed by atoms with van der Waals surface area (Å²) < 4.78 is 32.8. The van der Waals surface area contributed by atoms with E-state index in [0.717, 1.165) is 23.1 Å². The summed E-state index contributed by atoms with van der Waals surface area (Å²) in [6.45, 7) is 3.51. The van der Waals surface area contributed by atoms with E-state index in [4.69, 9.17) is 4.74 Å². The van der Waals surface area contributed by atoms with Gasteiger partial charge in [-0.3, -0.25) is 4.79 Å². The van der Waals surface area contributed by atoms with Gasteiger partial charge < -0.3 is 10.1 Å². The predicted octanol–water partition coefficient (Wildman–Crippen LogP) is 3.83. The van der Waals surface area contributed by atoms with Crippen LogP contribution in [0.25, 0.3) is 0 Å². The minimum absolute atomic E-state index is 0.0375. The van der Waals surface area contributed by atoms with E-state index in [1.165, 1.54) is 24.3 Å². The van der Waals surface area contributed by atoms with E-state index in [1.807, 2.05) is 62.4 Å². The van der Waals surface area contributed by atoms with Gasteiger partial charge in [0.2, 0.25) is 10.0 Å². The fourth-order valence-corrected chi connectivity index (χ4v) is 4.30. The first-order valence-corrected chi connectivity index (χ1v) is 12.0. The van der Waals surface area contributed by atoms with Gasteiger partial charge in [0, 0.05) is 12.2 Å². The third kappa shape index (κ3) is 6.50. The van der Waals surface area contributed by atoms with Crippen LogP contribution in [0.4, 0.5) is 5.69 Å². The standard InChI is InChI=1S/C25H26N2O5S/c1-3-20-12-7-9-18(2)24(20)27-23(28)17-32-25(29)21-13-8-14-22(15-21)33(30,31)26-16-19-10-5-4-6-11-19/h4-15,26H,3,16-17H2,1-2H3,(H,27,28). The van der Waals surface area contributed by atoms with Crippen molar-refractivity contribution in [3.63, 3.8) is 0 Å². The lowest BCUT2D eigenvalue weighted by Gasteiger charge is -2.13. The minimum Gasteiger partial charge on any atom is -0.452 e. The summed E-state index contributed by atoms with van der Waals surface area (Å²) in [5.41, 5.74) is 3.45. The van der Waals surface area contributed by atoms with Crippen LogP contribution in [0.15, 0.2) is 77.7 Å². The first-order chi connectivity index (χ1) is 15.8. The van der Waals surface area contributed by atoms with Gasteiger partial charge in [-0.05, 0) is 48.2 Å². The Balaban J connectivity index is 1.62. The molecule has 0 radical (unpaired) electrons. The quantitative estimate of drug-likeness (QED) is 0.467. The first-order valence-electron chi connectivity index (χ1n) is 10.5. The van der Waals surface area contributed by atoms with Crippen molar-refractivity contribution in [2.75, 3.05) is 11.9 Å². The van der Waals surface area contributed by atoms with E-state index in [2.05, 4.69) is 10.0 Å². The van der Waals surface area contributed by atoms with Crippen molar-refractivity contribution >= 4 is 27.6 Å². The number of sulfonamides is 1. The number of amides is 1. The monoisotopic (exact) mass is 466 g/mol. The fourth-order valence-electron chi connectivity index (χ4n) is 3.24. The van der Waals surface area contributed by atoms with Crippen molar-refractivity contribution in [1.29, 1.82) is 0 Å². The van der Waals surface area contributed by atoms with Gasteiger partial charge in [0.25, 0.3) is 5.91 Å². The van der Waals surface area contributed by atoms with E-state index >= 15 is 0 Å². The van der Waals surface area contributed by atoms with Crippen LogP contribution >= 0.6 is 0 Å². The molecule has 33 heavy (non-hydrogen) atoms. The molecule has 3 rings (SSSR count). The number of esters is 1. The number of rotatable bonds is 9. The Hall–Kier alpha value is -3.49. The van der Waals surface area contributed by atoms with Crippen LogP contribution in [0, 0.1) is 6.92 Å².